The van der Waals surface area contributed by atoms with Crippen LogP contribution >= 0.6 is 0 Å². The number of aromatic nitrogens is 1. The summed E-state index contributed by atoms with van der Waals surface area (Å²) in [6.45, 7) is 6.28. The molecule has 1 aliphatic rings. The van der Waals surface area contributed by atoms with Gasteiger partial charge in [0, 0.05) is 37.9 Å². The van der Waals surface area contributed by atoms with E-state index in [0.717, 1.165) is 0 Å². The van der Waals surface area contributed by atoms with Gasteiger partial charge in [-0.15, -0.1) is 0 Å². The topological polar surface area (TPSA) is 92.2 Å². The maximum atomic E-state index is 12.9. The molecule has 2 aromatic rings. The number of benzene rings is 1. The molecule has 1 aliphatic heterocycles. The number of anilines is 1. The second kappa shape index (κ2) is 9.09. The minimum absolute atomic E-state index is 0.0765. The van der Waals surface area contributed by atoms with Crippen molar-refractivity contribution in [1.29, 1.82) is 0 Å². The van der Waals surface area contributed by atoms with E-state index in [1.165, 1.54) is 19.4 Å². The smallest absolute Gasteiger partial charge is 0.337 e. The third-order valence-electron chi connectivity index (χ3n) is 4.65. The van der Waals surface area contributed by atoms with E-state index in [1.807, 2.05) is 4.90 Å². The molecule has 8 heteroatoms. The van der Waals surface area contributed by atoms with Crippen LogP contribution in [0.2, 0.25) is 0 Å². The number of aromatic carboxylic acids is 1. The Morgan fingerprint density at radius 2 is 1.86 bits per heavy atom. The van der Waals surface area contributed by atoms with Crippen LogP contribution in [0.15, 0.2) is 49.2 Å². The summed E-state index contributed by atoms with van der Waals surface area (Å²) in [5, 5.41) is 8.97. The van der Waals surface area contributed by atoms with Gasteiger partial charge >= 0.3 is 5.97 Å². The molecule has 1 N–H and O–H groups in total. The van der Waals surface area contributed by atoms with Crippen LogP contribution in [0.4, 0.5) is 5.82 Å². The first-order chi connectivity index (χ1) is 14.0. The van der Waals surface area contributed by atoms with E-state index in [0.29, 0.717) is 55.7 Å². The van der Waals surface area contributed by atoms with Crippen LogP contribution in [-0.2, 0) is 0 Å². The Bertz CT molecular complexity index is 890. The molecule has 8 nitrogen and oxygen atoms in total. The van der Waals surface area contributed by atoms with Crippen LogP contribution in [-0.4, -0.2) is 66.8 Å². The van der Waals surface area contributed by atoms with Gasteiger partial charge in [0.25, 0.3) is 5.91 Å². The van der Waals surface area contributed by atoms with Crippen LogP contribution in [0.1, 0.15) is 20.7 Å². The molecular weight excluding hydrogens is 374 g/mol. The Labute approximate surface area is 169 Å². The number of amides is 1. The van der Waals surface area contributed by atoms with E-state index < -0.39 is 5.97 Å². The quantitative estimate of drug-likeness (QED) is 0.717. The van der Waals surface area contributed by atoms with Crippen LogP contribution in [0.5, 0.6) is 11.5 Å². The lowest BCUT2D eigenvalue weighted by Gasteiger charge is -2.35. The van der Waals surface area contributed by atoms with E-state index >= 15 is 0 Å². The zero-order valence-corrected chi connectivity index (χ0v) is 16.2. The number of rotatable bonds is 7. The van der Waals surface area contributed by atoms with Gasteiger partial charge in [0.2, 0.25) is 0 Å². The fourth-order valence-corrected chi connectivity index (χ4v) is 3.09. The number of nitrogens with zero attached hydrogens (tertiary/aromatic N) is 3. The molecular formula is C21H23N3O5. The van der Waals surface area contributed by atoms with Gasteiger partial charge in [-0.05, 0) is 30.3 Å². The summed E-state index contributed by atoms with van der Waals surface area (Å²) >= 11 is 0. The van der Waals surface area contributed by atoms with Crippen molar-refractivity contribution in [1.82, 2.24) is 9.88 Å². The van der Waals surface area contributed by atoms with Gasteiger partial charge in [0.05, 0.1) is 12.7 Å². The van der Waals surface area contributed by atoms with Crippen molar-refractivity contribution in [3.05, 3.63) is 60.3 Å². The summed E-state index contributed by atoms with van der Waals surface area (Å²) in [4.78, 5) is 31.8. The summed E-state index contributed by atoms with van der Waals surface area (Å²) in [7, 11) is 1.53. The molecule has 29 heavy (non-hydrogen) atoms. The molecule has 152 valence electrons. The molecule has 1 fully saturated rings. The number of carbonyl (C=O) groups is 2. The molecule has 0 saturated carbocycles. The van der Waals surface area contributed by atoms with Crippen molar-refractivity contribution in [2.75, 3.05) is 44.8 Å². The van der Waals surface area contributed by atoms with Crippen molar-refractivity contribution >= 4 is 17.7 Å². The first-order valence-electron chi connectivity index (χ1n) is 9.18. The van der Waals surface area contributed by atoms with Crippen LogP contribution in [0.3, 0.4) is 0 Å². The van der Waals surface area contributed by atoms with E-state index in [1.54, 1.807) is 35.2 Å². The van der Waals surface area contributed by atoms with Crippen molar-refractivity contribution in [3.63, 3.8) is 0 Å². The third-order valence-corrected chi connectivity index (χ3v) is 4.65. The molecule has 0 bridgehead atoms. The van der Waals surface area contributed by atoms with Crippen LogP contribution in [0.25, 0.3) is 0 Å². The van der Waals surface area contributed by atoms with Crippen molar-refractivity contribution < 1.29 is 24.2 Å². The second-order valence-corrected chi connectivity index (χ2v) is 6.45. The van der Waals surface area contributed by atoms with Gasteiger partial charge in [0.15, 0.2) is 11.5 Å². The molecule has 1 aromatic heterocycles. The Balaban J connectivity index is 1.63. The van der Waals surface area contributed by atoms with Gasteiger partial charge in [-0.25, -0.2) is 9.78 Å². The molecule has 0 radical (unpaired) electrons. The number of carboxylic acid groups (broad SMARTS) is 1. The fraction of sp³-hybridized carbons (Fsp3) is 0.286. The zero-order chi connectivity index (χ0) is 20.8. The van der Waals surface area contributed by atoms with Crippen LogP contribution in [0, 0.1) is 0 Å². The summed E-state index contributed by atoms with van der Waals surface area (Å²) in [6.07, 6.45) is 2.99. The number of pyridine rings is 1. The number of hydrogen-bond donors (Lipinski definition) is 1. The van der Waals surface area contributed by atoms with Crippen molar-refractivity contribution in [2.45, 2.75) is 0 Å². The second-order valence-electron chi connectivity index (χ2n) is 6.45. The van der Waals surface area contributed by atoms with Gasteiger partial charge in [-0.1, -0.05) is 12.7 Å². The zero-order valence-electron chi connectivity index (χ0n) is 16.2. The number of methoxy groups -OCH3 is 1. The van der Waals surface area contributed by atoms with Gasteiger partial charge < -0.3 is 24.4 Å². The minimum atomic E-state index is -1.00. The maximum Gasteiger partial charge on any atom is 0.337 e. The SMILES string of the molecule is C=CCOc1ccc(C(=O)N2CCN(c3ccc(C(=O)O)cn3)CC2)cc1OC. The Kier molecular flexibility index (Phi) is 6.33. The predicted octanol–water partition coefficient (Wildman–Crippen LogP) is 2.32. The standard InChI is InChI=1S/C21H23N3O5/c1-3-12-29-17-6-4-15(13-18(17)28-2)20(25)24-10-8-23(9-11-24)19-7-5-16(14-22-19)21(26)27/h3-7,13-14H,1,8-12H2,2H3,(H,26,27). The normalized spacial score (nSPS) is 13.7. The predicted molar refractivity (Wildman–Crippen MR) is 108 cm³/mol. The highest BCUT2D eigenvalue weighted by Gasteiger charge is 2.24. The summed E-state index contributed by atoms with van der Waals surface area (Å²) in [5.74, 6) is 0.680. The van der Waals surface area contributed by atoms with E-state index in [4.69, 9.17) is 14.6 Å². The molecule has 1 saturated heterocycles. The van der Waals surface area contributed by atoms with E-state index in [2.05, 4.69) is 11.6 Å². The number of carbonyl (C=O) groups excluding carboxylic acids is 1. The molecule has 0 unspecified atom stereocenters. The molecule has 1 aromatic carbocycles. The van der Waals surface area contributed by atoms with E-state index in [-0.39, 0.29) is 11.5 Å². The number of ether oxygens (including phenoxy) is 2. The van der Waals surface area contributed by atoms with Crippen LogP contribution < -0.4 is 14.4 Å². The molecule has 0 atom stereocenters. The summed E-state index contributed by atoms with van der Waals surface area (Å²) < 4.78 is 10.9. The average Bonchev–Trinajstić information content (AvgIpc) is 2.77. The summed E-state index contributed by atoms with van der Waals surface area (Å²) in [5.41, 5.74) is 0.683. The first kappa shape index (κ1) is 20.2. The highest BCUT2D eigenvalue weighted by molar-refractivity contribution is 5.95. The molecule has 2 heterocycles. The van der Waals surface area contributed by atoms with Gasteiger partial charge in [-0.2, -0.15) is 0 Å². The highest BCUT2D eigenvalue weighted by atomic mass is 16.5. The lowest BCUT2D eigenvalue weighted by molar-refractivity contribution is 0.0694. The average molecular weight is 397 g/mol. The minimum Gasteiger partial charge on any atom is -0.493 e. The highest BCUT2D eigenvalue weighted by Crippen LogP contribution is 2.29. The van der Waals surface area contributed by atoms with Crippen molar-refractivity contribution in [3.8, 4) is 11.5 Å². The first-order valence-corrected chi connectivity index (χ1v) is 9.18. The Hall–Kier alpha value is -3.55. The monoisotopic (exact) mass is 397 g/mol. The molecule has 0 aliphatic carbocycles. The third kappa shape index (κ3) is 4.66. The maximum absolute atomic E-state index is 12.9. The molecule has 0 spiro atoms. The Morgan fingerprint density at radius 1 is 1.14 bits per heavy atom. The van der Waals surface area contributed by atoms with Crippen molar-refractivity contribution in [2.24, 2.45) is 0 Å². The number of carboxylic acids is 1. The largest absolute Gasteiger partial charge is 0.493 e. The number of hydrogen-bond acceptors (Lipinski definition) is 6. The lowest BCUT2D eigenvalue weighted by Crippen LogP contribution is -2.49. The molecule has 1 amide bonds. The van der Waals surface area contributed by atoms with E-state index in [9.17, 15) is 9.59 Å². The van der Waals surface area contributed by atoms with Gasteiger partial charge in [-0.3, -0.25) is 4.79 Å². The summed E-state index contributed by atoms with van der Waals surface area (Å²) in [6, 6.07) is 8.35. The Morgan fingerprint density at radius 3 is 2.45 bits per heavy atom. The van der Waals surface area contributed by atoms with Gasteiger partial charge in [0.1, 0.15) is 12.4 Å². The molecule has 3 rings (SSSR count). The number of piperazine rings is 1. The lowest BCUT2D eigenvalue weighted by atomic mass is 10.1. The fourth-order valence-electron chi connectivity index (χ4n) is 3.09.